The monoisotopic (exact) mass is 444 g/mol. The molecule has 7 heteroatoms. The second-order valence-electron chi connectivity index (χ2n) is 6.89. The lowest BCUT2D eigenvalue weighted by Crippen LogP contribution is -2.43. The van der Waals surface area contributed by atoms with Crippen LogP contribution in [0.3, 0.4) is 0 Å². The highest BCUT2D eigenvalue weighted by Crippen LogP contribution is 2.28. The number of nitrogens with zero attached hydrogens (tertiary/aromatic N) is 1. The Morgan fingerprint density at radius 3 is 2.60 bits per heavy atom. The summed E-state index contributed by atoms with van der Waals surface area (Å²) in [5, 5.41) is 4.77. The first-order chi connectivity index (χ1) is 14.5. The number of carbonyl (C=O) groups excluding carboxylic acids is 2. The van der Waals surface area contributed by atoms with Gasteiger partial charge in [-0.3, -0.25) is 4.79 Å². The van der Waals surface area contributed by atoms with Gasteiger partial charge < -0.3 is 10.1 Å². The van der Waals surface area contributed by atoms with Crippen LogP contribution in [0, 0.1) is 0 Å². The zero-order valence-corrected chi connectivity index (χ0v) is 18.0. The van der Waals surface area contributed by atoms with Crippen molar-refractivity contribution in [3.8, 4) is 0 Å². The summed E-state index contributed by atoms with van der Waals surface area (Å²) in [6, 6.07) is 13.7. The zero-order valence-electron chi connectivity index (χ0n) is 16.5. The molecule has 0 saturated heterocycles. The molecule has 0 spiro atoms. The Labute approximate surface area is 185 Å². The van der Waals surface area contributed by atoms with Gasteiger partial charge in [-0.2, -0.15) is 0 Å². The van der Waals surface area contributed by atoms with Crippen LogP contribution in [0.2, 0.25) is 10.2 Å². The largest absolute Gasteiger partial charge is 0.464 e. The molecule has 0 bridgehead atoms. The topological polar surface area (TPSA) is 68.3 Å². The van der Waals surface area contributed by atoms with Crippen molar-refractivity contribution < 1.29 is 14.3 Å². The molecule has 1 heterocycles. The smallest absolute Gasteiger partial charge is 0.328 e. The summed E-state index contributed by atoms with van der Waals surface area (Å²) in [6.45, 7) is 2.34. The molecule has 3 rings (SSSR count). The molecule has 1 unspecified atom stereocenters. The van der Waals surface area contributed by atoms with E-state index >= 15 is 0 Å². The van der Waals surface area contributed by atoms with Crippen LogP contribution in [0.5, 0.6) is 0 Å². The third-order valence-corrected chi connectivity index (χ3v) is 5.27. The number of aromatic nitrogens is 1. The number of ether oxygens (including phenoxy) is 1. The average molecular weight is 445 g/mol. The van der Waals surface area contributed by atoms with E-state index in [0.717, 1.165) is 18.4 Å². The van der Waals surface area contributed by atoms with Gasteiger partial charge in [-0.05, 0) is 24.1 Å². The van der Waals surface area contributed by atoms with Gasteiger partial charge in [-0.15, -0.1) is 0 Å². The minimum atomic E-state index is -0.805. The van der Waals surface area contributed by atoms with E-state index in [9.17, 15) is 9.59 Å². The fourth-order valence-corrected chi connectivity index (χ4v) is 3.44. The van der Waals surface area contributed by atoms with Crippen LogP contribution in [-0.2, 0) is 16.0 Å². The zero-order chi connectivity index (χ0) is 21.5. The van der Waals surface area contributed by atoms with Crippen LogP contribution in [-0.4, -0.2) is 29.5 Å². The minimum Gasteiger partial charge on any atom is -0.464 e. The fraction of sp³-hybridized carbons (Fsp3) is 0.261. The second-order valence-corrected chi connectivity index (χ2v) is 7.66. The molecule has 30 heavy (non-hydrogen) atoms. The van der Waals surface area contributed by atoms with Crippen LogP contribution in [0.4, 0.5) is 0 Å². The predicted octanol–water partition coefficient (Wildman–Crippen LogP) is 5.23. The van der Waals surface area contributed by atoms with Gasteiger partial charge >= 0.3 is 5.97 Å². The van der Waals surface area contributed by atoms with E-state index in [2.05, 4.69) is 10.3 Å². The molecule has 156 valence electrons. The summed E-state index contributed by atoms with van der Waals surface area (Å²) < 4.78 is 5.36. The molecule has 0 fully saturated rings. The molecule has 0 aliphatic rings. The van der Waals surface area contributed by atoms with Crippen LogP contribution in [0.15, 0.2) is 54.7 Å². The van der Waals surface area contributed by atoms with E-state index in [0.29, 0.717) is 34.4 Å². The van der Waals surface area contributed by atoms with Crippen molar-refractivity contribution in [1.82, 2.24) is 10.3 Å². The number of carbonyl (C=O) groups is 2. The van der Waals surface area contributed by atoms with Crippen molar-refractivity contribution in [3.05, 3.63) is 76.0 Å². The summed E-state index contributed by atoms with van der Waals surface area (Å²) in [4.78, 5) is 29.5. The summed E-state index contributed by atoms with van der Waals surface area (Å²) in [5.41, 5.74) is 1.28. The molecule has 0 aliphatic carbocycles. The SMILES string of the molecule is CCCCOC(=O)C(Cc1ccccc1)NC(=O)c1ccc2c(Cl)cnc(Cl)c2c1. The third kappa shape index (κ3) is 5.49. The standard InChI is InChI=1S/C23H22Cl2N2O3/c1-2-3-11-30-23(29)20(12-15-7-5-4-6-8-15)27-22(28)16-9-10-17-18(13-16)21(25)26-14-19(17)24/h4-10,13-14,20H,2-3,11-12H2,1H3,(H,27,28). The lowest BCUT2D eigenvalue weighted by molar-refractivity contribution is -0.146. The quantitative estimate of drug-likeness (QED) is 0.293. The number of benzene rings is 2. The molecule has 3 aromatic rings. The molecular formula is C23H22Cl2N2O3. The lowest BCUT2D eigenvalue weighted by atomic mass is 10.0. The van der Waals surface area contributed by atoms with Gasteiger partial charge in [-0.1, -0.05) is 72.9 Å². The number of halogens is 2. The molecular weight excluding hydrogens is 423 g/mol. The van der Waals surface area contributed by atoms with Gasteiger partial charge in [0.2, 0.25) is 0 Å². The van der Waals surface area contributed by atoms with Crippen molar-refractivity contribution in [1.29, 1.82) is 0 Å². The molecule has 1 amide bonds. The van der Waals surface area contributed by atoms with Gasteiger partial charge in [0.05, 0.1) is 11.6 Å². The molecule has 0 saturated carbocycles. The maximum Gasteiger partial charge on any atom is 0.328 e. The minimum absolute atomic E-state index is 0.254. The van der Waals surface area contributed by atoms with Gasteiger partial charge in [-0.25, -0.2) is 9.78 Å². The number of hydrogen-bond acceptors (Lipinski definition) is 4. The highest BCUT2D eigenvalue weighted by atomic mass is 35.5. The summed E-state index contributed by atoms with van der Waals surface area (Å²) in [7, 11) is 0. The number of amides is 1. The van der Waals surface area contributed by atoms with E-state index in [4.69, 9.17) is 27.9 Å². The Morgan fingerprint density at radius 1 is 1.10 bits per heavy atom. The van der Waals surface area contributed by atoms with E-state index in [1.54, 1.807) is 18.2 Å². The van der Waals surface area contributed by atoms with Crippen LogP contribution in [0.25, 0.3) is 10.8 Å². The molecule has 0 radical (unpaired) electrons. The van der Waals surface area contributed by atoms with Crippen LogP contribution >= 0.6 is 23.2 Å². The lowest BCUT2D eigenvalue weighted by Gasteiger charge is -2.18. The normalized spacial score (nSPS) is 11.8. The molecule has 5 nitrogen and oxygen atoms in total. The van der Waals surface area contributed by atoms with Crippen molar-refractivity contribution >= 4 is 45.9 Å². The number of hydrogen-bond donors (Lipinski definition) is 1. The fourth-order valence-electron chi connectivity index (χ4n) is 3.02. The molecule has 0 aliphatic heterocycles. The van der Waals surface area contributed by atoms with Crippen LogP contribution in [0.1, 0.15) is 35.7 Å². The average Bonchev–Trinajstić information content (AvgIpc) is 2.76. The first-order valence-corrected chi connectivity index (χ1v) is 10.5. The van der Waals surface area contributed by atoms with Gasteiger partial charge in [0, 0.05) is 29.0 Å². The highest BCUT2D eigenvalue weighted by molar-refractivity contribution is 6.39. The Morgan fingerprint density at radius 2 is 1.87 bits per heavy atom. The second kappa shape index (κ2) is 10.4. The van der Waals surface area contributed by atoms with Crippen molar-refractivity contribution in [2.45, 2.75) is 32.2 Å². The number of nitrogens with one attached hydrogen (secondary N) is 1. The van der Waals surface area contributed by atoms with Crippen molar-refractivity contribution in [2.24, 2.45) is 0 Å². The molecule has 1 N–H and O–H groups in total. The van der Waals surface area contributed by atoms with Crippen molar-refractivity contribution in [3.63, 3.8) is 0 Å². The van der Waals surface area contributed by atoms with E-state index in [1.165, 1.54) is 6.20 Å². The van der Waals surface area contributed by atoms with Gasteiger partial charge in [0.25, 0.3) is 5.91 Å². The third-order valence-electron chi connectivity index (χ3n) is 4.67. The Hall–Kier alpha value is -2.63. The van der Waals surface area contributed by atoms with E-state index < -0.39 is 17.9 Å². The molecule has 1 aromatic heterocycles. The summed E-state index contributed by atoms with van der Waals surface area (Å²) in [5.74, 6) is -0.856. The Bertz CT molecular complexity index is 1040. The van der Waals surface area contributed by atoms with E-state index in [1.807, 2.05) is 37.3 Å². The molecule has 1 atom stereocenters. The maximum absolute atomic E-state index is 12.9. The number of fused-ring (bicyclic) bond motifs is 1. The van der Waals surface area contributed by atoms with E-state index in [-0.39, 0.29) is 5.15 Å². The Kier molecular flexibility index (Phi) is 7.66. The molecule has 2 aromatic carbocycles. The Balaban J connectivity index is 1.82. The number of pyridine rings is 1. The first-order valence-electron chi connectivity index (χ1n) is 9.74. The highest BCUT2D eigenvalue weighted by Gasteiger charge is 2.23. The number of esters is 1. The summed E-state index contributed by atoms with van der Waals surface area (Å²) in [6.07, 6.45) is 3.49. The predicted molar refractivity (Wildman–Crippen MR) is 119 cm³/mol. The van der Waals surface area contributed by atoms with Gasteiger partial charge in [0.15, 0.2) is 0 Å². The number of unbranched alkanes of at least 4 members (excludes halogenated alkanes) is 1. The summed E-state index contributed by atoms with van der Waals surface area (Å²) >= 11 is 12.3. The maximum atomic E-state index is 12.9. The van der Waals surface area contributed by atoms with Crippen LogP contribution < -0.4 is 5.32 Å². The van der Waals surface area contributed by atoms with Crippen molar-refractivity contribution in [2.75, 3.05) is 6.61 Å². The number of rotatable bonds is 8. The van der Waals surface area contributed by atoms with Gasteiger partial charge in [0.1, 0.15) is 11.2 Å². The first kappa shape index (κ1) is 22.1.